The van der Waals surface area contributed by atoms with Crippen molar-refractivity contribution in [3.8, 4) is 0 Å². The van der Waals surface area contributed by atoms with Gasteiger partial charge in [-0.2, -0.15) is 0 Å². The number of nitrogens with zero attached hydrogens (tertiary/aromatic N) is 2. The molecule has 5 nitrogen and oxygen atoms in total. The second-order valence-electron chi connectivity index (χ2n) is 7.56. The molecule has 3 aliphatic rings. The topological polar surface area (TPSA) is 49.9 Å². The van der Waals surface area contributed by atoms with E-state index in [4.69, 9.17) is 4.74 Å². The van der Waals surface area contributed by atoms with Crippen LogP contribution in [0.2, 0.25) is 0 Å². The van der Waals surface area contributed by atoms with Crippen LogP contribution in [-0.4, -0.2) is 60.0 Å². The lowest BCUT2D eigenvalue weighted by atomic mass is 9.73. The Morgan fingerprint density at radius 2 is 1.68 bits per heavy atom. The Balaban J connectivity index is 1.67. The molecule has 1 atom stereocenters. The first-order valence-corrected chi connectivity index (χ1v) is 8.63. The molecule has 22 heavy (non-hydrogen) atoms. The average Bonchev–Trinajstić information content (AvgIpc) is 2.90. The summed E-state index contributed by atoms with van der Waals surface area (Å²) in [6.07, 6.45) is 7.58. The molecule has 0 bridgehead atoms. The van der Waals surface area contributed by atoms with Crippen molar-refractivity contribution in [3.63, 3.8) is 0 Å². The smallest absolute Gasteiger partial charge is 0.256 e. The summed E-state index contributed by atoms with van der Waals surface area (Å²) in [6, 6.07) is 0. The molecule has 2 aliphatic heterocycles. The zero-order valence-corrected chi connectivity index (χ0v) is 13.9. The van der Waals surface area contributed by atoms with Crippen LogP contribution in [0.4, 0.5) is 0 Å². The van der Waals surface area contributed by atoms with Gasteiger partial charge in [-0.15, -0.1) is 0 Å². The van der Waals surface area contributed by atoms with Crippen molar-refractivity contribution in [2.45, 2.75) is 58.0 Å². The van der Waals surface area contributed by atoms with Crippen LogP contribution >= 0.6 is 0 Å². The first-order chi connectivity index (χ1) is 10.4. The van der Waals surface area contributed by atoms with Gasteiger partial charge in [0, 0.05) is 26.6 Å². The number of morpholine rings is 1. The Kier molecular flexibility index (Phi) is 4.19. The SMILES string of the molecule is CC(=O)N1CCO[C@@](C)(C(=O)N2CCC3(CCCCC3)C2)C1. The third-order valence-electron chi connectivity index (χ3n) is 5.81. The summed E-state index contributed by atoms with van der Waals surface area (Å²) < 4.78 is 5.81. The standard InChI is InChI=1S/C17H28N2O3/c1-14(20)18-10-11-22-16(2,12-18)15(21)19-9-8-17(13-19)6-4-3-5-7-17/h3-13H2,1-2H3/t16-/m1/s1. The maximum Gasteiger partial charge on any atom is 0.256 e. The molecular weight excluding hydrogens is 280 g/mol. The van der Waals surface area contributed by atoms with Crippen LogP contribution in [0.3, 0.4) is 0 Å². The summed E-state index contributed by atoms with van der Waals surface area (Å²) in [5.41, 5.74) is -0.511. The third kappa shape index (κ3) is 2.87. The minimum absolute atomic E-state index is 0.0208. The molecular formula is C17H28N2O3. The highest BCUT2D eigenvalue weighted by molar-refractivity contribution is 5.86. The minimum atomic E-state index is -0.871. The van der Waals surface area contributed by atoms with Gasteiger partial charge in [0.15, 0.2) is 5.60 Å². The lowest BCUT2D eigenvalue weighted by Crippen LogP contribution is -2.59. The van der Waals surface area contributed by atoms with Gasteiger partial charge in [-0.1, -0.05) is 19.3 Å². The molecule has 5 heteroatoms. The van der Waals surface area contributed by atoms with Crippen molar-refractivity contribution in [2.24, 2.45) is 5.41 Å². The number of ether oxygens (including phenoxy) is 1. The number of likely N-dealkylation sites (tertiary alicyclic amines) is 1. The highest BCUT2D eigenvalue weighted by Crippen LogP contribution is 2.44. The van der Waals surface area contributed by atoms with Gasteiger partial charge in [0.25, 0.3) is 5.91 Å². The van der Waals surface area contributed by atoms with Crippen LogP contribution < -0.4 is 0 Å². The lowest BCUT2D eigenvalue weighted by Gasteiger charge is -2.41. The van der Waals surface area contributed by atoms with Gasteiger partial charge in [0.05, 0.1) is 13.2 Å². The maximum absolute atomic E-state index is 13.0. The highest BCUT2D eigenvalue weighted by Gasteiger charge is 2.47. The summed E-state index contributed by atoms with van der Waals surface area (Å²) in [5.74, 6) is 0.0911. The first kappa shape index (κ1) is 15.8. The van der Waals surface area contributed by atoms with Crippen LogP contribution in [-0.2, 0) is 14.3 Å². The van der Waals surface area contributed by atoms with Crippen LogP contribution in [0.5, 0.6) is 0 Å². The number of carbonyl (C=O) groups is 2. The Morgan fingerprint density at radius 1 is 0.955 bits per heavy atom. The molecule has 1 spiro atoms. The van der Waals surface area contributed by atoms with Gasteiger partial charge in [0.1, 0.15) is 0 Å². The molecule has 2 saturated heterocycles. The Hall–Kier alpha value is -1.10. The number of amides is 2. The van der Waals surface area contributed by atoms with Crippen molar-refractivity contribution in [3.05, 3.63) is 0 Å². The summed E-state index contributed by atoms with van der Waals surface area (Å²) in [5, 5.41) is 0. The number of hydrogen-bond acceptors (Lipinski definition) is 3. The van der Waals surface area contributed by atoms with Gasteiger partial charge < -0.3 is 14.5 Å². The monoisotopic (exact) mass is 308 g/mol. The second-order valence-corrected chi connectivity index (χ2v) is 7.56. The largest absolute Gasteiger partial charge is 0.362 e. The molecule has 1 saturated carbocycles. The minimum Gasteiger partial charge on any atom is -0.362 e. The molecule has 0 N–H and O–H groups in total. The second kappa shape index (κ2) is 5.84. The normalized spacial score (nSPS) is 31.5. The molecule has 0 aromatic carbocycles. The summed E-state index contributed by atoms with van der Waals surface area (Å²) >= 11 is 0. The zero-order valence-electron chi connectivity index (χ0n) is 13.9. The van der Waals surface area contributed by atoms with Gasteiger partial charge in [-0.3, -0.25) is 9.59 Å². The van der Waals surface area contributed by atoms with E-state index in [1.807, 2.05) is 11.8 Å². The van der Waals surface area contributed by atoms with Crippen molar-refractivity contribution in [1.29, 1.82) is 0 Å². The quantitative estimate of drug-likeness (QED) is 0.742. The van der Waals surface area contributed by atoms with Crippen molar-refractivity contribution in [1.82, 2.24) is 9.80 Å². The fourth-order valence-corrected chi connectivity index (χ4v) is 4.42. The molecule has 0 unspecified atom stereocenters. The van der Waals surface area contributed by atoms with Gasteiger partial charge in [-0.05, 0) is 31.6 Å². The molecule has 2 heterocycles. The van der Waals surface area contributed by atoms with Gasteiger partial charge in [-0.25, -0.2) is 0 Å². The highest BCUT2D eigenvalue weighted by atomic mass is 16.5. The number of carbonyl (C=O) groups excluding carboxylic acids is 2. The van der Waals surface area contributed by atoms with Crippen LogP contribution in [0.25, 0.3) is 0 Å². The molecule has 2 amide bonds. The summed E-state index contributed by atoms with van der Waals surface area (Å²) in [4.78, 5) is 28.3. The fraction of sp³-hybridized carbons (Fsp3) is 0.882. The van der Waals surface area contributed by atoms with Crippen molar-refractivity contribution < 1.29 is 14.3 Å². The van der Waals surface area contributed by atoms with Crippen LogP contribution in [0, 0.1) is 5.41 Å². The van der Waals surface area contributed by atoms with E-state index in [9.17, 15) is 9.59 Å². The Morgan fingerprint density at radius 3 is 2.36 bits per heavy atom. The van der Waals surface area contributed by atoms with Gasteiger partial charge >= 0.3 is 0 Å². The molecule has 3 fully saturated rings. The summed E-state index contributed by atoms with van der Waals surface area (Å²) in [7, 11) is 0. The predicted octanol–water partition coefficient (Wildman–Crippen LogP) is 1.81. The fourth-order valence-electron chi connectivity index (χ4n) is 4.42. The summed E-state index contributed by atoms with van der Waals surface area (Å²) in [6.45, 7) is 6.54. The van der Waals surface area contributed by atoms with E-state index in [1.165, 1.54) is 32.1 Å². The molecule has 0 aromatic rings. The van der Waals surface area contributed by atoms with Crippen LogP contribution in [0.15, 0.2) is 0 Å². The molecule has 0 radical (unpaired) electrons. The molecule has 0 aromatic heterocycles. The van der Waals surface area contributed by atoms with Crippen molar-refractivity contribution >= 4 is 11.8 Å². The maximum atomic E-state index is 13.0. The average molecular weight is 308 g/mol. The molecule has 1 aliphatic carbocycles. The van der Waals surface area contributed by atoms with Gasteiger partial charge in [0.2, 0.25) is 5.91 Å². The third-order valence-corrected chi connectivity index (χ3v) is 5.81. The van der Waals surface area contributed by atoms with E-state index in [0.717, 1.165) is 19.5 Å². The number of rotatable bonds is 1. The molecule has 3 rings (SSSR count). The Labute approximate surface area is 133 Å². The lowest BCUT2D eigenvalue weighted by molar-refractivity contribution is -0.170. The van der Waals surface area contributed by atoms with E-state index in [2.05, 4.69) is 0 Å². The van der Waals surface area contributed by atoms with E-state index < -0.39 is 5.60 Å². The van der Waals surface area contributed by atoms with E-state index in [1.54, 1.807) is 11.8 Å². The van der Waals surface area contributed by atoms with Crippen LogP contribution in [0.1, 0.15) is 52.4 Å². The zero-order chi connectivity index (χ0) is 15.8. The Bertz CT molecular complexity index is 459. The van der Waals surface area contributed by atoms with Crippen molar-refractivity contribution in [2.75, 3.05) is 32.8 Å². The van der Waals surface area contributed by atoms with E-state index in [-0.39, 0.29) is 11.8 Å². The predicted molar refractivity (Wildman–Crippen MR) is 83.3 cm³/mol. The van der Waals surface area contributed by atoms with E-state index >= 15 is 0 Å². The van der Waals surface area contributed by atoms with E-state index in [0.29, 0.717) is 25.1 Å². The first-order valence-electron chi connectivity index (χ1n) is 8.63. The number of hydrogen-bond donors (Lipinski definition) is 0. The molecule has 124 valence electrons.